The van der Waals surface area contributed by atoms with Crippen LogP contribution in [0.4, 0.5) is 10.1 Å². The van der Waals surface area contributed by atoms with Gasteiger partial charge in [0.2, 0.25) is 0 Å². The van der Waals surface area contributed by atoms with E-state index in [1.54, 1.807) is 12.1 Å². The van der Waals surface area contributed by atoms with Crippen molar-refractivity contribution in [3.05, 3.63) is 24.0 Å². The molecule has 1 aromatic rings. The molecular formula is C17H25FN2O. The van der Waals surface area contributed by atoms with Crippen molar-refractivity contribution in [2.45, 2.75) is 44.1 Å². The third-order valence-corrected chi connectivity index (χ3v) is 5.12. The molecular weight excluding hydrogens is 267 g/mol. The van der Waals surface area contributed by atoms with Gasteiger partial charge in [-0.15, -0.1) is 0 Å². The summed E-state index contributed by atoms with van der Waals surface area (Å²) in [5.74, 6) is 1.67. The number of methoxy groups -OCH3 is 1. The molecule has 116 valence electrons. The van der Waals surface area contributed by atoms with Crippen LogP contribution in [0.15, 0.2) is 18.2 Å². The SMILES string of the molecule is COc1cc(NC2(CN)CCCC(C3CC3)C2)ccc1F. The third-order valence-electron chi connectivity index (χ3n) is 5.12. The van der Waals surface area contributed by atoms with E-state index in [-0.39, 0.29) is 17.1 Å². The van der Waals surface area contributed by atoms with Gasteiger partial charge in [-0.2, -0.15) is 0 Å². The summed E-state index contributed by atoms with van der Waals surface area (Å²) in [6, 6.07) is 4.95. The van der Waals surface area contributed by atoms with Crippen molar-refractivity contribution in [3.8, 4) is 5.75 Å². The molecule has 21 heavy (non-hydrogen) atoms. The number of rotatable bonds is 5. The molecule has 2 unspecified atom stereocenters. The smallest absolute Gasteiger partial charge is 0.165 e. The second kappa shape index (κ2) is 5.84. The van der Waals surface area contributed by atoms with E-state index in [2.05, 4.69) is 5.32 Å². The fraction of sp³-hybridized carbons (Fsp3) is 0.647. The second-order valence-corrected chi connectivity index (χ2v) is 6.65. The van der Waals surface area contributed by atoms with Crippen LogP contribution in [0.2, 0.25) is 0 Å². The molecule has 0 saturated heterocycles. The Morgan fingerprint density at radius 1 is 1.33 bits per heavy atom. The lowest BCUT2D eigenvalue weighted by atomic mass is 9.73. The standard InChI is InChI=1S/C17H25FN2O/c1-21-16-9-14(6-7-15(16)18)20-17(11-19)8-2-3-13(10-17)12-4-5-12/h6-7,9,12-13,20H,2-5,8,10-11,19H2,1H3. The molecule has 0 aliphatic heterocycles. The average Bonchev–Trinajstić information content (AvgIpc) is 3.34. The van der Waals surface area contributed by atoms with Crippen molar-refractivity contribution in [3.63, 3.8) is 0 Å². The second-order valence-electron chi connectivity index (χ2n) is 6.65. The Bertz CT molecular complexity index is 504. The van der Waals surface area contributed by atoms with Crippen molar-refractivity contribution < 1.29 is 9.13 Å². The number of hydrogen-bond donors (Lipinski definition) is 2. The summed E-state index contributed by atoms with van der Waals surface area (Å²) < 4.78 is 18.6. The minimum Gasteiger partial charge on any atom is -0.494 e. The monoisotopic (exact) mass is 292 g/mol. The molecule has 0 aromatic heterocycles. The molecule has 2 aliphatic carbocycles. The minimum absolute atomic E-state index is 0.0473. The van der Waals surface area contributed by atoms with Gasteiger partial charge in [0.25, 0.3) is 0 Å². The van der Waals surface area contributed by atoms with Crippen LogP contribution < -0.4 is 15.8 Å². The highest BCUT2D eigenvalue weighted by atomic mass is 19.1. The highest BCUT2D eigenvalue weighted by Gasteiger charge is 2.41. The average molecular weight is 292 g/mol. The first-order valence-corrected chi connectivity index (χ1v) is 7.97. The predicted molar refractivity (Wildman–Crippen MR) is 83.0 cm³/mol. The Labute approximate surface area is 126 Å². The molecule has 3 rings (SSSR count). The van der Waals surface area contributed by atoms with E-state index in [4.69, 9.17) is 10.5 Å². The summed E-state index contributed by atoms with van der Waals surface area (Å²) in [7, 11) is 1.49. The van der Waals surface area contributed by atoms with E-state index in [0.29, 0.717) is 6.54 Å². The van der Waals surface area contributed by atoms with Crippen LogP contribution in [0.25, 0.3) is 0 Å². The lowest BCUT2D eigenvalue weighted by Crippen LogP contribution is -2.49. The van der Waals surface area contributed by atoms with Gasteiger partial charge < -0.3 is 15.8 Å². The number of hydrogen-bond acceptors (Lipinski definition) is 3. The molecule has 0 heterocycles. The van der Waals surface area contributed by atoms with Gasteiger partial charge >= 0.3 is 0 Å². The van der Waals surface area contributed by atoms with E-state index in [1.165, 1.54) is 38.9 Å². The van der Waals surface area contributed by atoms with Crippen LogP contribution >= 0.6 is 0 Å². The number of nitrogens with one attached hydrogen (secondary N) is 1. The summed E-state index contributed by atoms with van der Waals surface area (Å²) in [6.07, 6.45) is 7.55. The Balaban J connectivity index is 1.76. The molecule has 1 aromatic carbocycles. The van der Waals surface area contributed by atoms with Gasteiger partial charge in [-0.1, -0.05) is 12.8 Å². The van der Waals surface area contributed by atoms with Crippen LogP contribution in [-0.4, -0.2) is 19.2 Å². The largest absolute Gasteiger partial charge is 0.494 e. The van der Waals surface area contributed by atoms with Gasteiger partial charge in [-0.05, 0) is 49.7 Å². The highest BCUT2D eigenvalue weighted by Crippen LogP contribution is 2.47. The van der Waals surface area contributed by atoms with E-state index in [1.807, 2.05) is 0 Å². The molecule has 0 amide bonds. The Kier molecular flexibility index (Phi) is 4.07. The first-order valence-electron chi connectivity index (χ1n) is 7.97. The highest BCUT2D eigenvalue weighted by molar-refractivity contribution is 5.51. The Hall–Kier alpha value is -1.29. The van der Waals surface area contributed by atoms with Crippen molar-refractivity contribution in [1.82, 2.24) is 0 Å². The first-order chi connectivity index (χ1) is 10.2. The Morgan fingerprint density at radius 2 is 2.14 bits per heavy atom. The number of benzene rings is 1. The van der Waals surface area contributed by atoms with Crippen molar-refractivity contribution in [2.24, 2.45) is 17.6 Å². The van der Waals surface area contributed by atoms with Gasteiger partial charge in [0.05, 0.1) is 7.11 Å². The minimum atomic E-state index is -0.329. The van der Waals surface area contributed by atoms with Crippen LogP contribution in [0.3, 0.4) is 0 Å². The van der Waals surface area contributed by atoms with Gasteiger partial charge in [0, 0.05) is 23.8 Å². The molecule has 2 fully saturated rings. The molecule has 3 N–H and O–H groups in total. The maximum atomic E-state index is 13.5. The zero-order valence-electron chi connectivity index (χ0n) is 12.7. The normalized spacial score (nSPS) is 29.2. The molecule has 2 saturated carbocycles. The van der Waals surface area contributed by atoms with Gasteiger partial charge in [-0.25, -0.2) is 4.39 Å². The zero-order chi connectivity index (χ0) is 14.9. The molecule has 2 aliphatic rings. The lowest BCUT2D eigenvalue weighted by Gasteiger charge is -2.42. The number of ether oxygens (including phenoxy) is 1. The van der Waals surface area contributed by atoms with E-state index in [9.17, 15) is 4.39 Å². The van der Waals surface area contributed by atoms with Gasteiger partial charge in [0.1, 0.15) is 0 Å². The summed E-state index contributed by atoms with van der Waals surface area (Å²) in [6.45, 7) is 0.621. The zero-order valence-corrected chi connectivity index (χ0v) is 12.7. The van der Waals surface area contributed by atoms with Gasteiger partial charge in [0.15, 0.2) is 11.6 Å². The van der Waals surface area contributed by atoms with Crippen molar-refractivity contribution in [2.75, 3.05) is 19.0 Å². The van der Waals surface area contributed by atoms with Crippen molar-refractivity contribution >= 4 is 5.69 Å². The van der Waals surface area contributed by atoms with Crippen LogP contribution in [-0.2, 0) is 0 Å². The fourth-order valence-corrected chi connectivity index (χ4v) is 3.77. The number of nitrogens with two attached hydrogens (primary N) is 1. The number of halogens is 1. The van der Waals surface area contributed by atoms with E-state index >= 15 is 0 Å². The van der Waals surface area contributed by atoms with E-state index < -0.39 is 0 Å². The number of anilines is 1. The molecule has 4 heteroatoms. The summed E-state index contributed by atoms with van der Waals surface area (Å²) in [4.78, 5) is 0. The maximum absolute atomic E-state index is 13.5. The Morgan fingerprint density at radius 3 is 2.81 bits per heavy atom. The maximum Gasteiger partial charge on any atom is 0.165 e. The fourth-order valence-electron chi connectivity index (χ4n) is 3.77. The summed E-state index contributed by atoms with van der Waals surface area (Å²) in [5, 5.41) is 3.59. The summed E-state index contributed by atoms with van der Waals surface area (Å²) >= 11 is 0. The van der Waals surface area contributed by atoms with Crippen LogP contribution in [0.1, 0.15) is 38.5 Å². The molecule has 0 bridgehead atoms. The summed E-state index contributed by atoms with van der Waals surface area (Å²) in [5.41, 5.74) is 6.95. The molecule has 3 nitrogen and oxygen atoms in total. The third kappa shape index (κ3) is 3.15. The van der Waals surface area contributed by atoms with Crippen LogP contribution in [0.5, 0.6) is 5.75 Å². The van der Waals surface area contributed by atoms with Crippen LogP contribution in [0, 0.1) is 17.7 Å². The topological polar surface area (TPSA) is 47.3 Å². The predicted octanol–water partition coefficient (Wildman–Crippen LogP) is 3.54. The molecule has 0 radical (unpaired) electrons. The lowest BCUT2D eigenvalue weighted by molar-refractivity contribution is 0.228. The van der Waals surface area contributed by atoms with E-state index in [0.717, 1.165) is 30.4 Å². The molecule has 0 spiro atoms. The van der Waals surface area contributed by atoms with Crippen molar-refractivity contribution in [1.29, 1.82) is 0 Å². The quantitative estimate of drug-likeness (QED) is 0.872. The first kappa shape index (κ1) is 14.6. The van der Waals surface area contributed by atoms with Gasteiger partial charge in [-0.3, -0.25) is 0 Å². The molecule has 2 atom stereocenters.